The number of allylic oxidation sites excluding steroid dienone is 8. The van der Waals surface area contributed by atoms with E-state index in [-0.39, 0.29) is 46.7 Å². The van der Waals surface area contributed by atoms with Gasteiger partial charge in [-0.25, -0.2) is 0 Å². The Kier molecular flexibility index (Phi) is 75.0. The fraction of sp³-hybridized carbons (Fsp3) is 0.786. The van der Waals surface area contributed by atoms with Crippen molar-refractivity contribution in [3.05, 3.63) is 48.6 Å². The van der Waals surface area contributed by atoms with E-state index in [1.807, 2.05) is 0 Å². The molecule has 0 saturated heterocycles. The number of hydrogen-bond donors (Lipinski definition) is 0. The van der Waals surface area contributed by atoms with Gasteiger partial charge in [0.25, 0.3) is 0 Å². The van der Waals surface area contributed by atoms with Gasteiger partial charge in [-0.05, 0) is 128 Å². The van der Waals surface area contributed by atoms with E-state index in [1.165, 1.54) is 154 Å². The Morgan fingerprint density at radius 3 is 0.538 bits per heavy atom. The van der Waals surface area contributed by atoms with Gasteiger partial charge in [-0.15, -0.1) is 0 Å². The van der Waals surface area contributed by atoms with E-state index >= 15 is 0 Å². The van der Waals surface area contributed by atoms with Crippen molar-refractivity contribution in [1.29, 1.82) is 0 Å². The minimum atomic E-state index is -0.918. The minimum absolute atomic E-state index is 0. The summed E-state index contributed by atoms with van der Waals surface area (Å²) in [5.41, 5.74) is 0. The van der Waals surface area contributed by atoms with Gasteiger partial charge in [0.05, 0.1) is 0 Å². The Balaban J connectivity index is -0.000000245. The summed E-state index contributed by atoms with van der Waals surface area (Å²) in [5, 5.41) is 40.6. The van der Waals surface area contributed by atoms with Crippen molar-refractivity contribution in [2.75, 3.05) is 0 Å². The topological polar surface area (TPSA) is 161 Å². The van der Waals surface area contributed by atoms with Crippen molar-refractivity contribution < 1.29 is 60.7 Å². The molecular formula is C56H100O8W. The molecule has 0 N–H and O–H groups in total. The van der Waals surface area contributed by atoms with Gasteiger partial charge in [0, 0.05) is 23.9 Å². The molecule has 0 radical (unpaired) electrons. The molecule has 0 amide bonds. The van der Waals surface area contributed by atoms with Gasteiger partial charge in [0.1, 0.15) is 0 Å². The number of aliphatic carboxylic acids is 4. The number of carboxylic acid groups (broad SMARTS) is 4. The van der Waals surface area contributed by atoms with E-state index in [0.717, 1.165) is 77.0 Å². The zero-order valence-corrected chi connectivity index (χ0v) is 45.5. The summed E-state index contributed by atoms with van der Waals surface area (Å²) in [6.45, 7) is 8.84. The summed E-state index contributed by atoms with van der Waals surface area (Å²) in [7, 11) is 0. The second-order valence-electron chi connectivity index (χ2n) is 17.2. The van der Waals surface area contributed by atoms with Gasteiger partial charge in [0.15, 0.2) is 0 Å². The van der Waals surface area contributed by atoms with Crippen molar-refractivity contribution in [2.45, 2.75) is 285 Å². The Hall–Kier alpha value is -2.47. The van der Waals surface area contributed by atoms with E-state index in [0.29, 0.717) is 0 Å². The first kappa shape index (κ1) is 71.5. The Bertz CT molecular complexity index is 916. The summed E-state index contributed by atoms with van der Waals surface area (Å²) in [5.74, 6) is -3.67. The first-order chi connectivity index (χ1) is 31.1. The molecule has 0 saturated carbocycles. The Labute approximate surface area is 415 Å². The maximum absolute atomic E-state index is 10.1. The second kappa shape index (κ2) is 68.1. The summed E-state index contributed by atoms with van der Waals surface area (Å²) < 4.78 is 0. The van der Waals surface area contributed by atoms with Gasteiger partial charge in [0.2, 0.25) is 0 Å². The molecule has 0 rings (SSSR count). The molecule has 0 aliphatic heterocycles. The maximum atomic E-state index is 10.1. The molecule has 0 aromatic heterocycles. The van der Waals surface area contributed by atoms with E-state index < -0.39 is 23.9 Å². The van der Waals surface area contributed by atoms with Crippen molar-refractivity contribution in [3.63, 3.8) is 0 Å². The molecule has 9 heteroatoms. The van der Waals surface area contributed by atoms with Crippen LogP contribution < -0.4 is 20.4 Å². The third-order valence-corrected chi connectivity index (χ3v) is 10.6. The maximum Gasteiger partial charge on any atom is 4.00 e. The third kappa shape index (κ3) is 88.9. The quantitative estimate of drug-likeness (QED) is 0.0430. The molecule has 0 aliphatic carbocycles. The number of unbranched alkanes of at least 4 members (excludes halogenated alkanes) is 28. The summed E-state index contributed by atoms with van der Waals surface area (Å²) in [6.07, 6.45) is 60.4. The van der Waals surface area contributed by atoms with Crippen molar-refractivity contribution in [1.82, 2.24) is 0 Å². The molecule has 0 aliphatic rings. The number of carboxylic acids is 4. The van der Waals surface area contributed by atoms with Gasteiger partial charge in [-0.1, -0.05) is 205 Å². The Morgan fingerprint density at radius 2 is 0.385 bits per heavy atom. The normalized spacial score (nSPS) is 10.9. The van der Waals surface area contributed by atoms with Crippen LogP contribution in [0.25, 0.3) is 0 Å². The number of carbonyl (C=O) groups excluding carboxylic acids is 4. The molecule has 0 atom stereocenters. The number of rotatable bonds is 44. The van der Waals surface area contributed by atoms with Crippen LogP contribution in [-0.2, 0) is 40.2 Å². The molecule has 0 bridgehead atoms. The minimum Gasteiger partial charge on any atom is -0.550 e. The standard InChI is InChI=1S/4C14H26O2.W/c4*1-2-3-4-5-6-7-8-9-10-11-12-13-14(15)16;/h4*5-6H,2-4,7-13H2,1H3,(H,15,16);/q;;;;+4/p-4/b4*6-5-;. The van der Waals surface area contributed by atoms with E-state index in [4.69, 9.17) is 0 Å². The van der Waals surface area contributed by atoms with Crippen molar-refractivity contribution in [3.8, 4) is 0 Å². The SMILES string of the molecule is CCCC/C=C\CCCCCCCC(=O)[O-].CCCC/C=C\CCCCCCCC(=O)[O-].CCCC/C=C\CCCCCCCC(=O)[O-].CCCC/C=C\CCCCCCCC(=O)[O-].[W+4]. The van der Waals surface area contributed by atoms with E-state index in [9.17, 15) is 39.6 Å². The molecule has 0 unspecified atom stereocenters. The van der Waals surface area contributed by atoms with Gasteiger partial charge >= 0.3 is 21.1 Å². The van der Waals surface area contributed by atoms with Gasteiger partial charge < -0.3 is 39.6 Å². The summed E-state index contributed by atoms with van der Waals surface area (Å²) in [4.78, 5) is 40.6. The van der Waals surface area contributed by atoms with Crippen LogP contribution in [0, 0.1) is 0 Å². The van der Waals surface area contributed by atoms with Crippen LogP contribution in [-0.4, -0.2) is 23.9 Å². The summed E-state index contributed by atoms with van der Waals surface area (Å²) >= 11 is 0. The van der Waals surface area contributed by atoms with Crippen LogP contribution in [0.2, 0.25) is 0 Å². The largest absolute Gasteiger partial charge is 4.00 e. The van der Waals surface area contributed by atoms with Crippen LogP contribution in [0.5, 0.6) is 0 Å². The molecule has 65 heavy (non-hydrogen) atoms. The molecule has 0 heterocycles. The predicted molar refractivity (Wildman–Crippen MR) is 264 cm³/mol. The zero-order valence-electron chi connectivity index (χ0n) is 42.6. The first-order valence-corrected chi connectivity index (χ1v) is 26.5. The molecular weight excluding hydrogens is 984 g/mol. The fourth-order valence-electron chi connectivity index (χ4n) is 6.48. The molecule has 0 fully saturated rings. The van der Waals surface area contributed by atoms with Crippen molar-refractivity contribution in [2.24, 2.45) is 0 Å². The summed E-state index contributed by atoms with van der Waals surface area (Å²) in [6, 6.07) is 0. The van der Waals surface area contributed by atoms with E-state index in [2.05, 4.69) is 76.3 Å². The van der Waals surface area contributed by atoms with Crippen LogP contribution in [0.3, 0.4) is 0 Å². The molecule has 0 aromatic carbocycles. The van der Waals surface area contributed by atoms with Crippen LogP contribution >= 0.6 is 0 Å². The van der Waals surface area contributed by atoms with Crippen LogP contribution in [0.4, 0.5) is 0 Å². The third-order valence-electron chi connectivity index (χ3n) is 10.6. The average molecular weight is 1090 g/mol. The predicted octanol–water partition coefficient (Wildman–Crippen LogP) is 12.9. The van der Waals surface area contributed by atoms with Gasteiger partial charge in [-0.3, -0.25) is 0 Å². The number of hydrogen-bond acceptors (Lipinski definition) is 8. The molecule has 0 aromatic rings. The molecule has 0 spiro atoms. The smallest absolute Gasteiger partial charge is 0.550 e. The second-order valence-corrected chi connectivity index (χ2v) is 17.2. The van der Waals surface area contributed by atoms with Crippen LogP contribution in [0.1, 0.15) is 285 Å². The number of carbonyl (C=O) groups is 4. The van der Waals surface area contributed by atoms with Gasteiger partial charge in [-0.2, -0.15) is 0 Å². The monoisotopic (exact) mass is 1080 g/mol. The Morgan fingerprint density at radius 1 is 0.246 bits per heavy atom. The molecule has 378 valence electrons. The van der Waals surface area contributed by atoms with E-state index in [1.54, 1.807) is 0 Å². The first-order valence-electron chi connectivity index (χ1n) is 26.5. The fourth-order valence-corrected chi connectivity index (χ4v) is 6.48. The molecule has 8 nitrogen and oxygen atoms in total. The average Bonchev–Trinajstić information content (AvgIpc) is 3.26. The van der Waals surface area contributed by atoms with Crippen LogP contribution in [0.15, 0.2) is 48.6 Å². The van der Waals surface area contributed by atoms with Crippen molar-refractivity contribution >= 4 is 23.9 Å². The zero-order chi connectivity index (χ0) is 48.3.